The zero-order chi connectivity index (χ0) is 22.8. The van der Waals surface area contributed by atoms with Gasteiger partial charge in [0.2, 0.25) is 0 Å². The number of rotatable bonds is 6. The average Bonchev–Trinajstić information content (AvgIpc) is 3.02. The van der Waals surface area contributed by atoms with Crippen molar-refractivity contribution in [3.05, 3.63) is 100 Å². The van der Waals surface area contributed by atoms with Gasteiger partial charge in [-0.1, -0.05) is 30.3 Å². The number of nitrogens with zero attached hydrogens (tertiary/aromatic N) is 1. The van der Waals surface area contributed by atoms with Gasteiger partial charge in [-0.2, -0.15) is 0 Å². The lowest BCUT2D eigenvalue weighted by molar-refractivity contribution is -0.137. The largest absolute Gasteiger partial charge is 0.497 e. The van der Waals surface area contributed by atoms with Crippen molar-refractivity contribution in [1.29, 1.82) is 0 Å². The molecule has 0 radical (unpaired) electrons. The number of ether oxygens (including phenoxy) is 1. The number of benzene rings is 3. The van der Waals surface area contributed by atoms with Crippen LogP contribution in [0.3, 0.4) is 0 Å². The van der Waals surface area contributed by atoms with Crippen LogP contribution in [0, 0.1) is 19.7 Å². The minimum atomic E-state index is -0.427. The number of anilines is 1. The molecule has 0 bridgehead atoms. The lowest BCUT2D eigenvalue weighted by atomic mass is 9.99. The average molecular weight is 430 g/mol. The molecule has 3 aromatic rings. The Hall–Kier alpha value is -3.93. The molecular weight excluding hydrogens is 407 g/mol. The molecule has 6 heteroatoms. The van der Waals surface area contributed by atoms with E-state index in [4.69, 9.17) is 4.74 Å². The fourth-order valence-corrected chi connectivity index (χ4v) is 3.59. The number of carbonyl (C=O) groups excluding carboxylic acids is 2. The predicted octanol–water partition coefficient (Wildman–Crippen LogP) is 4.84. The van der Waals surface area contributed by atoms with Crippen molar-refractivity contribution < 1.29 is 18.7 Å². The number of nitrogens with one attached hydrogen (secondary N) is 1. The van der Waals surface area contributed by atoms with Gasteiger partial charge in [-0.3, -0.25) is 14.5 Å². The van der Waals surface area contributed by atoms with Gasteiger partial charge in [0.25, 0.3) is 11.8 Å². The Labute approximate surface area is 186 Å². The third-order valence-electron chi connectivity index (χ3n) is 5.58. The van der Waals surface area contributed by atoms with Gasteiger partial charge in [-0.05, 0) is 72.5 Å². The second-order valence-electron chi connectivity index (χ2n) is 7.73. The summed E-state index contributed by atoms with van der Waals surface area (Å²) in [5, 5.41) is 3.13. The number of hydrogen-bond acceptors (Lipinski definition) is 4. The van der Waals surface area contributed by atoms with Gasteiger partial charge >= 0.3 is 0 Å². The van der Waals surface area contributed by atoms with E-state index in [0.29, 0.717) is 28.1 Å². The first-order valence-corrected chi connectivity index (χ1v) is 10.2. The normalized spacial score (nSPS) is 13.7. The second-order valence-corrected chi connectivity index (χ2v) is 7.73. The maximum Gasteiger partial charge on any atom is 0.278 e. The summed E-state index contributed by atoms with van der Waals surface area (Å²) >= 11 is 0. The Morgan fingerprint density at radius 2 is 1.56 bits per heavy atom. The number of amides is 2. The first-order chi connectivity index (χ1) is 15.4. The second kappa shape index (κ2) is 8.67. The Bertz CT molecular complexity index is 1210. The van der Waals surface area contributed by atoms with Gasteiger partial charge in [0.15, 0.2) is 0 Å². The van der Waals surface area contributed by atoms with Crippen LogP contribution in [0.15, 0.2) is 72.4 Å². The summed E-state index contributed by atoms with van der Waals surface area (Å²) in [4.78, 5) is 27.9. The molecule has 2 amide bonds. The van der Waals surface area contributed by atoms with Crippen LogP contribution < -0.4 is 10.1 Å². The molecule has 0 spiro atoms. The molecular formula is C26H23FN2O3. The summed E-state index contributed by atoms with van der Waals surface area (Å²) in [5.41, 5.74) is 4.64. The summed E-state index contributed by atoms with van der Waals surface area (Å²) in [6.07, 6.45) is 0. The van der Waals surface area contributed by atoms with Crippen molar-refractivity contribution in [2.45, 2.75) is 20.4 Å². The van der Waals surface area contributed by atoms with E-state index in [9.17, 15) is 14.0 Å². The maximum atomic E-state index is 13.4. The zero-order valence-corrected chi connectivity index (χ0v) is 18.1. The molecule has 0 atom stereocenters. The summed E-state index contributed by atoms with van der Waals surface area (Å²) in [5.74, 6) is -0.503. The monoisotopic (exact) mass is 430 g/mol. The van der Waals surface area contributed by atoms with E-state index in [-0.39, 0.29) is 18.1 Å². The molecule has 0 aromatic heterocycles. The van der Waals surface area contributed by atoms with E-state index in [2.05, 4.69) is 5.32 Å². The van der Waals surface area contributed by atoms with Crippen molar-refractivity contribution in [1.82, 2.24) is 4.90 Å². The van der Waals surface area contributed by atoms with Crippen molar-refractivity contribution >= 4 is 23.1 Å². The molecule has 1 heterocycles. The molecule has 5 nitrogen and oxygen atoms in total. The lowest BCUT2D eigenvalue weighted by Gasteiger charge is -2.15. The lowest BCUT2D eigenvalue weighted by Crippen LogP contribution is -2.32. The van der Waals surface area contributed by atoms with Gasteiger partial charge in [0, 0.05) is 5.69 Å². The highest BCUT2D eigenvalue weighted by Crippen LogP contribution is 2.32. The Kier molecular flexibility index (Phi) is 5.77. The number of imide groups is 1. The highest BCUT2D eigenvalue weighted by Gasteiger charge is 2.39. The maximum absolute atomic E-state index is 13.4. The summed E-state index contributed by atoms with van der Waals surface area (Å²) in [7, 11) is 1.58. The van der Waals surface area contributed by atoms with Crippen LogP contribution in [0.5, 0.6) is 5.75 Å². The van der Waals surface area contributed by atoms with Crippen molar-refractivity contribution in [3.8, 4) is 5.75 Å². The fourth-order valence-electron chi connectivity index (χ4n) is 3.59. The molecule has 0 unspecified atom stereocenters. The van der Waals surface area contributed by atoms with Crippen LogP contribution in [0.2, 0.25) is 0 Å². The fraction of sp³-hybridized carbons (Fsp3) is 0.154. The topological polar surface area (TPSA) is 58.6 Å². The molecule has 3 aromatic carbocycles. The molecule has 0 fully saturated rings. The van der Waals surface area contributed by atoms with E-state index in [1.807, 2.05) is 32.0 Å². The number of methoxy groups -OCH3 is 1. The standard InChI is InChI=1S/C26H23FN2O3/c1-16-4-7-19(14-17(16)2)23-24(28-21-10-12-22(32-3)13-11-21)26(31)29(25(23)30)15-18-5-8-20(27)9-6-18/h4-14,28H,15H2,1-3H3. The molecule has 1 aliphatic heterocycles. The molecule has 1 N–H and O–H groups in total. The molecule has 4 rings (SSSR count). The molecule has 32 heavy (non-hydrogen) atoms. The minimum absolute atomic E-state index is 0.0556. The first-order valence-electron chi connectivity index (χ1n) is 10.2. The highest BCUT2D eigenvalue weighted by molar-refractivity contribution is 6.36. The van der Waals surface area contributed by atoms with Crippen LogP contribution >= 0.6 is 0 Å². The molecule has 0 saturated carbocycles. The van der Waals surface area contributed by atoms with Crippen LogP contribution in [-0.4, -0.2) is 23.8 Å². The number of hydrogen-bond donors (Lipinski definition) is 1. The summed E-state index contributed by atoms with van der Waals surface area (Å²) in [6.45, 7) is 4.01. The Morgan fingerprint density at radius 3 is 2.19 bits per heavy atom. The van der Waals surface area contributed by atoms with E-state index >= 15 is 0 Å². The van der Waals surface area contributed by atoms with Gasteiger partial charge in [-0.15, -0.1) is 0 Å². The van der Waals surface area contributed by atoms with E-state index in [0.717, 1.165) is 11.1 Å². The summed E-state index contributed by atoms with van der Waals surface area (Å²) in [6, 6.07) is 18.6. The third kappa shape index (κ3) is 4.12. The number of halogens is 1. The number of carbonyl (C=O) groups is 2. The van der Waals surface area contributed by atoms with E-state index in [1.165, 1.54) is 17.0 Å². The molecule has 0 saturated heterocycles. The highest BCUT2D eigenvalue weighted by atomic mass is 19.1. The zero-order valence-electron chi connectivity index (χ0n) is 18.1. The van der Waals surface area contributed by atoms with Crippen molar-refractivity contribution in [2.24, 2.45) is 0 Å². The van der Waals surface area contributed by atoms with Crippen molar-refractivity contribution in [3.63, 3.8) is 0 Å². The van der Waals surface area contributed by atoms with Crippen molar-refractivity contribution in [2.75, 3.05) is 12.4 Å². The Balaban J connectivity index is 1.73. The molecule has 1 aliphatic rings. The summed E-state index contributed by atoms with van der Waals surface area (Å²) < 4.78 is 18.5. The quantitative estimate of drug-likeness (QED) is 0.569. The predicted molar refractivity (Wildman–Crippen MR) is 121 cm³/mol. The van der Waals surface area contributed by atoms with Gasteiger partial charge in [0.05, 0.1) is 19.2 Å². The SMILES string of the molecule is COc1ccc(NC2=C(c3ccc(C)c(C)c3)C(=O)N(Cc3ccc(F)cc3)C2=O)cc1. The smallest absolute Gasteiger partial charge is 0.278 e. The number of aryl methyl sites for hydroxylation is 2. The van der Waals surface area contributed by atoms with Crippen LogP contribution in [0.1, 0.15) is 22.3 Å². The van der Waals surface area contributed by atoms with Gasteiger partial charge in [-0.25, -0.2) is 4.39 Å². The van der Waals surface area contributed by atoms with Crippen LogP contribution in [-0.2, 0) is 16.1 Å². The molecule has 162 valence electrons. The Morgan fingerprint density at radius 1 is 0.875 bits per heavy atom. The minimum Gasteiger partial charge on any atom is -0.497 e. The molecule has 0 aliphatic carbocycles. The van der Waals surface area contributed by atoms with Gasteiger partial charge < -0.3 is 10.1 Å². The third-order valence-corrected chi connectivity index (χ3v) is 5.58. The van der Waals surface area contributed by atoms with Gasteiger partial charge in [0.1, 0.15) is 17.3 Å². The van der Waals surface area contributed by atoms with Crippen LogP contribution in [0.25, 0.3) is 5.57 Å². The van der Waals surface area contributed by atoms with E-state index < -0.39 is 11.8 Å². The van der Waals surface area contributed by atoms with Crippen LogP contribution in [0.4, 0.5) is 10.1 Å². The first kappa shape index (κ1) is 21.3. The van der Waals surface area contributed by atoms with E-state index in [1.54, 1.807) is 43.5 Å².